The van der Waals surface area contributed by atoms with Crippen LogP contribution in [0.25, 0.3) is 33.4 Å². The van der Waals surface area contributed by atoms with E-state index in [9.17, 15) is 14.4 Å². The number of rotatable bonds is 14. The maximum Gasteiger partial charge on any atom is 0.324 e. The van der Waals surface area contributed by atoms with Gasteiger partial charge in [-0.05, 0) is 88.5 Å². The zero-order valence-electron chi connectivity index (χ0n) is 44.3. The number of benzene rings is 1. The predicted octanol–water partition coefficient (Wildman–Crippen LogP) is 7.24. The van der Waals surface area contributed by atoms with Gasteiger partial charge in [0.05, 0.1) is 66.7 Å². The predicted molar refractivity (Wildman–Crippen MR) is 283 cm³/mol. The van der Waals surface area contributed by atoms with Gasteiger partial charge >= 0.3 is 5.97 Å². The van der Waals surface area contributed by atoms with Crippen molar-refractivity contribution in [3.8, 4) is 22.5 Å². The zero-order valence-corrected chi connectivity index (χ0v) is 45.1. The van der Waals surface area contributed by atoms with E-state index in [-0.39, 0.29) is 43.2 Å². The lowest BCUT2D eigenvalue weighted by molar-refractivity contribution is -0.156. The molecule has 19 heteroatoms. The van der Waals surface area contributed by atoms with Gasteiger partial charge in [-0.15, -0.1) is 11.3 Å². The van der Waals surface area contributed by atoms with Crippen molar-refractivity contribution in [3.05, 3.63) is 70.5 Å². The smallest absolute Gasteiger partial charge is 0.324 e. The van der Waals surface area contributed by atoms with E-state index in [1.807, 2.05) is 25.4 Å². The molecule has 4 aromatic heterocycles. The van der Waals surface area contributed by atoms with Crippen molar-refractivity contribution < 1.29 is 42.5 Å². The molecule has 6 bridgehead atoms. The van der Waals surface area contributed by atoms with Crippen LogP contribution < -0.4 is 15.6 Å². The Bertz CT molecular complexity index is 2830. The number of fused-ring (bicyclic) bond motifs is 6. The van der Waals surface area contributed by atoms with Crippen molar-refractivity contribution in [2.45, 2.75) is 128 Å². The van der Waals surface area contributed by atoms with Crippen LogP contribution in [-0.2, 0) is 51.0 Å². The molecule has 4 aliphatic heterocycles. The lowest BCUT2D eigenvalue weighted by atomic mass is 9.84. The highest BCUT2D eigenvalue weighted by molar-refractivity contribution is 7.10. The van der Waals surface area contributed by atoms with E-state index in [0.29, 0.717) is 56.3 Å². The molecule has 1 aromatic carbocycles. The van der Waals surface area contributed by atoms with Gasteiger partial charge in [-0.2, -0.15) is 0 Å². The number of carbonyl (C=O) groups is 3. The molecule has 11 rings (SSSR count). The van der Waals surface area contributed by atoms with E-state index in [1.54, 1.807) is 13.4 Å². The standard InChI is InChI=1S/C56H73N9O9S/c1-7-72-51-49(60-52(66)47-33(2)46(47)43-29-71-32-58-43)54(67)65-16-8-11-42(61-65)55(68)74-31-56(4,5)26-41-39-24-35(44-30-75-53(51)59-44)12-15-45(39)64(21-23-73-38-10-9-22-70-28-38)50(41)40-25-37(27-57-48(40)34(3)69-6)63-19-17-62(18-20-63)36-13-14-36/h12,15,24-25,27,29-30,32-34,36,38,42,46-47,49,51,61H,7-11,13-14,16-23,26,28,31H2,1-6H3,(H,60,66)/t33-,34-,38-,42-,46-,47+,49-,51-/m0/s1. The Morgan fingerprint density at radius 3 is 2.63 bits per heavy atom. The van der Waals surface area contributed by atoms with Crippen LogP contribution in [0.2, 0.25) is 0 Å². The number of hydrogen-bond donors (Lipinski definition) is 2. The number of hydrogen-bond acceptors (Lipinski definition) is 16. The summed E-state index contributed by atoms with van der Waals surface area (Å²) >= 11 is 1.39. The molecule has 402 valence electrons. The minimum absolute atomic E-state index is 0.0185. The highest BCUT2D eigenvalue weighted by Gasteiger charge is 2.55. The van der Waals surface area contributed by atoms with Gasteiger partial charge in [-0.3, -0.25) is 29.3 Å². The second kappa shape index (κ2) is 22.0. The molecule has 0 radical (unpaired) electrons. The number of piperazine rings is 1. The fourth-order valence-electron chi connectivity index (χ4n) is 11.9. The number of thiazole rings is 1. The number of pyridine rings is 1. The summed E-state index contributed by atoms with van der Waals surface area (Å²) in [4.78, 5) is 63.5. The number of esters is 1. The van der Waals surface area contributed by atoms with Gasteiger partial charge < -0.3 is 42.9 Å². The first-order valence-electron chi connectivity index (χ1n) is 27.3. The maximum atomic E-state index is 15.0. The molecule has 8 heterocycles. The third kappa shape index (κ3) is 10.9. The Morgan fingerprint density at radius 2 is 1.88 bits per heavy atom. The van der Waals surface area contributed by atoms with E-state index in [0.717, 1.165) is 102 Å². The molecule has 2 saturated carbocycles. The number of nitrogens with one attached hydrogen (secondary N) is 2. The summed E-state index contributed by atoms with van der Waals surface area (Å²) in [6, 6.07) is 7.57. The average Bonchev–Trinajstić information content (AvgIpc) is 4.19. The van der Waals surface area contributed by atoms with Gasteiger partial charge in [0.2, 0.25) is 5.91 Å². The lowest BCUT2D eigenvalue weighted by Gasteiger charge is -2.37. The first-order valence-corrected chi connectivity index (χ1v) is 28.1. The number of carbonyl (C=O) groups excluding carboxylic acids is 3. The summed E-state index contributed by atoms with van der Waals surface area (Å²) in [6.07, 6.45) is 9.76. The molecule has 6 aliphatic rings. The monoisotopic (exact) mass is 1050 g/mol. The fraction of sp³-hybridized carbons (Fsp3) is 0.607. The van der Waals surface area contributed by atoms with Crippen LogP contribution in [0.15, 0.2) is 52.9 Å². The highest BCUT2D eigenvalue weighted by atomic mass is 32.1. The van der Waals surface area contributed by atoms with E-state index in [2.05, 4.69) is 75.1 Å². The SMILES string of the molecule is CCO[C@@H]1c2nc(cs2)-c2ccc3c(c2)c(c(-c2cc(N4CCN(C5CC5)CC4)cnc2[C@H](C)OC)n3CCO[C@H]2CCCOC2)CC(C)(C)COC(=O)[C@@H]2CCCN(N2)C(=O)[C@H]1NC(=O)[C@@H]1[C@@H](C)[C@H]1c1cocn1. The number of anilines is 1. The molecular weight excluding hydrogens is 975 g/mol. The number of cyclic esters (lactones) is 1. The van der Waals surface area contributed by atoms with Crippen LogP contribution in [-0.4, -0.2) is 144 Å². The van der Waals surface area contributed by atoms with Crippen LogP contribution >= 0.6 is 11.3 Å². The Morgan fingerprint density at radius 1 is 1.04 bits per heavy atom. The number of ether oxygens (including phenoxy) is 5. The molecule has 0 unspecified atom stereocenters. The minimum Gasteiger partial charge on any atom is -0.464 e. The summed E-state index contributed by atoms with van der Waals surface area (Å²) in [7, 11) is 1.73. The molecule has 75 heavy (non-hydrogen) atoms. The molecule has 3 saturated heterocycles. The first kappa shape index (κ1) is 51.8. The largest absolute Gasteiger partial charge is 0.464 e. The van der Waals surface area contributed by atoms with Crippen LogP contribution in [0.5, 0.6) is 0 Å². The van der Waals surface area contributed by atoms with E-state index in [1.165, 1.54) is 35.6 Å². The molecule has 2 aliphatic carbocycles. The van der Waals surface area contributed by atoms with Crippen molar-refractivity contribution in [2.24, 2.45) is 17.3 Å². The topological polar surface area (TPSA) is 188 Å². The quantitative estimate of drug-likeness (QED) is 0.106. The van der Waals surface area contributed by atoms with Crippen molar-refractivity contribution >= 4 is 45.7 Å². The van der Waals surface area contributed by atoms with Crippen LogP contribution in [0.1, 0.15) is 113 Å². The van der Waals surface area contributed by atoms with Gasteiger partial charge in [0.25, 0.3) is 5.91 Å². The van der Waals surface area contributed by atoms with E-state index >= 15 is 0 Å². The maximum absolute atomic E-state index is 15.0. The van der Waals surface area contributed by atoms with Crippen LogP contribution in [0, 0.1) is 17.3 Å². The van der Waals surface area contributed by atoms with Crippen molar-refractivity contribution in [1.29, 1.82) is 0 Å². The van der Waals surface area contributed by atoms with Gasteiger partial charge in [0, 0.05) is 110 Å². The van der Waals surface area contributed by atoms with Gasteiger partial charge in [0.15, 0.2) is 6.39 Å². The molecule has 2 amide bonds. The van der Waals surface area contributed by atoms with Crippen LogP contribution in [0.3, 0.4) is 0 Å². The van der Waals surface area contributed by atoms with E-state index < -0.39 is 41.4 Å². The lowest BCUT2D eigenvalue weighted by Crippen LogP contribution is -2.61. The molecular formula is C56H73N9O9S. The summed E-state index contributed by atoms with van der Waals surface area (Å²) in [5.74, 6) is -1.75. The van der Waals surface area contributed by atoms with Crippen molar-refractivity contribution in [2.75, 3.05) is 77.8 Å². The fourth-order valence-corrected chi connectivity index (χ4v) is 12.9. The Hall–Kier alpha value is -5.28. The summed E-state index contributed by atoms with van der Waals surface area (Å²) in [5.41, 5.74) is 11.0. The van der Waals surface area contributed by atoms with Gasteiger partial charge in [0.1, 0.15) is 29.5 Å². The molecule has 8 atom stereocenters. The van der Waals surface area contributed by atoms with Gasteiger partial charge in [-0.25, -0.2) is 15.4 Å². The second-order valence-electron chi connectivity index (χ2n) is 22.2. The summed E-state index contributed by atoms with van der Waals surface area (Å²) in [6.45, 7) is 17.1. The molecule has 5 fully saturated rings. The number of oxazole rings is 1. The number of methoxy groups -OCH3 is 1. The molecule has 18 nitrogen and oxygen atoms in total. The number of aromatic nitrogens is 4. The summed E-state index contributed by atoms with van der Waals surface area (Å²) < 4.78 is 39.0. The van der Waals surface area contributed by atoms with Crippen molar-refractivity contribution in [3.63, 3.8) is 0 Å². The Balaban J connectivity index is 1.03. The van der Waals surface area contributed by atoms with E-state index in [4.69, 9.17) is 38.1 Å². The average molecular weight is 1050 g/mol. The van der Waals surface area contributed by atoms with Crippen molar-refractivity contribution in [1.82, 2.24) is 40.2 Å². The normalized spacial score (nSPS) is 27.0. The third-order valence-corrected chi connectivity index (χ3v) is 17.2. The second-order valence-corrected chi connectivity index (χ2v) is 23.1. The number of nitrogens with zero attached hydrogens (tertiary/aromatic N) is 7. The first-order chi connectivity index (χ1) is 36.4. The number of amides is 2. The summed E-state index contributed by atoms with van der Waals surface area (Å²) in [5, 5.41) is 8.15. The molecule has 0 spiro atoms. The molecule has 2 N–H and O–H groups in total. The van der Waals surface area contributed by atoms with Crippen LogP contribution in [0.4, 0.5) is 5.69 Å². The minimum atomic E-state index is -1.18. The third-order valence-electron chi connectivity index (χ3n) is 16.3. The Kier molecular flexibility index (Phi) is 15.2. The highest BCUT2D eigenvalue weighted by Crippen LogP contribution is 2.53. The zero-order chi connectivity index (χ0) is 52.0. The number of hydrazine groups is 1. The molecule has 5 aromatic rings. The Labute approximate surface area is 443 Å². The van der Waals surface area contributed by atoms with Gasteiger partial charge in [-0.1, -0.05) is 26.8 Å².